The van der Waals surface area contributed by atoms with E-state index in [2.05, 4.69) is 63.8 Å². The Morgan fingerprint density at radius 2 is 1.44 bits per heavy atom. The lowest BCUT2D eigenvalue weighted by Crippen LogP contribution is -2.49. The zero-order valence-electron chi connectivity index (χ0n) is 35.4. The number of H-pyrrole nitrogens is 2. The number of carbonyl (C=O) groups excluding carboxylic acids is 2. The zero-order chi connectivity index (χ0) is 46.2. The second-order valence-electron chi connectivity index (χ2n) is 15.6. The highest BCUT2D eigenvalue weighted by Gasteiger charge is 2.30. The van der Waals surface area contributed by atoms with Crippen molar-refractivity contribution >= 4 is 34.6 Å². The average molecular weight is 915 g/mol. The van der Waals surface area contributed by atoms with Crippen LogP contribution in [-0.4, -0.2) is 112 Å². The van der Waals surface area contributed by atoms with Gasteiger partial charge < -0.3 is 35.2 Å². The fourth-order valence-corrected chi connectivity index (χ4v) is 7.56. The number of carbonyl (C=O) groups is 2. The number of aromatic amines is 2. The second kappa shape index (κ2) is 20.6. The van der Waals surface area contributed by atoms with Crippen LogP contribution in [0.5, 0.6) is 11.5 Å². The Morgan fingerprint density at radius 3 is 2.08 bits per heavy atom. The van der Waals surface area contributed by atoms with Crippen molar-refractivity contribution in [3.8, 4) is 40.0 Å². The number of hydrogen-bond acceptors (Lipinski definition) is 12. The molecule has 17 nitrogen and oxygen atoms in total. The summed E-state index contributed by atoms with van der Waals surface area (Å²) >= 11 is 0. The Morgan fingerprint density at radius 1 is 0.788 bits per heavy atom. The topological polar surface area (TPSA) is 195 Å². The first kappa shape index (κ1) is 45.1. The van der Waals surface area contributed by atoms with Gasteiger partial charge in [0.25, 0.3) is 11.8 Å². The molecule has 4 heterocycles. The Bertz CT molecular complexity index is 2640. The molecule has 6 aromatic rings. The normalized spacial score (nSPS) is 16.2. The number of rotatable bonds is 17. The SMILES string of the molecule is C[C@H]1CN(c2ccc(NC(=O)[C@H](CC(F)F)Oc3cccc(-[n+]4nc(-c5cc(N6CCC=C(F)C6)ccc5NC(=O)[C@H](CC(F)F)Oc5ccccc5)n[nH]4)c3)c(-c3nn[nH]n3)c2)CCN1. The number of nitrogens with zero attached hydrogens (tertiary/aromatic N) is 8. The Balaban J connectivity index is 1.04. The highest BCUT2D eigenvalue weighted by molar-refractivity contribution is 5.99. The minimum atomic E-state index is -2.91. The van der Waals surface area contributed by atoms with Gasteiger partial charge in [0, 0.05) is 55.2 Å². The van der Waals surface area contributed by atoms with E-state index in [1.54, 1.807) is 71.6 Å². The number of ether oxygens (including phenoxy) is 2. The van der Waals surface area contributed by atoms with Crippen molar-refractivity contribution in [1.29, 1.82) is 0 Å². The van der Waals surface area contributed by atoms with Crippen LogP contribution in [-0.2, 0) is 9.59 Å². The van der Waals surface area contributed by atoms with Crippen LogP contribution in [0.15, 0.2) is 103 Å². The van der Waals surface area contributed by atoms with Gasteiger partial charge in [0.15, 0.2) is 17.9 Å². The summed E-state index contributed by atoms with van der Waals surface area (Å²) in [4.78, 5) is 32.6. The summed E-state index contributed by atoms with van der Waals surface area (Å²) in [6.45, 7) is 4.81. The van der Waals surface area contributed by atoms with Gasteiger partial charge in [0.2, 0.25) is 18.7 Å². The summed E-state index contributed by atoms with van der Waals surface area (Å²) in [5.41, 5.74) is 2.79. The van der Waals surface area contributed by atoms with Crippen LogP contribution >= 0.6 is 0 Å². The number of tetrazole rings is 2. The zero-order valence-corrected chi connectivity index (χ0v) is 35.4. The van der Waals surface area contributed by atoms with Crippen molar-refractivity contribution < 1.29 is 45.8 Å². The molecule has 0 radical (unpaired) electrons. The van der Waals surface area contributed by atoms with E-state index in [4.69, 9.17) is 9.47 Å². The van der Waals surface area contributed by atoms with Crippen molar-refractivity contribution in [3.63, 3.8) is 0 Å². The number of alkyl halides is 4. The number of piperazine rings is 1. The van der Waals surface area contributed by atoms with Gasteiger partial charge in [-0.25, -0.2) is 22.0 Å². The first-order valence-electron chi connectivity index (χ1n) is 21.1. The van der Waals surface area contributed by atoms with Crippen molar-refractivity contribution in [2.24, 2.45) is 0 Å². The molecule has 2 aliphatic rings. The van der Waals surface area contributed by atoms with Gasteiger partial charge in [0.05, 0.1) is 41.4 Å². The van der Waals surface area contributed by atoms with Gasteiger partial charge in [-0.2, -0.15) is 5.21 Å². The predicted molar refractivity (Wildman–Crippen MR) is 232 cm³/mol. The smallest absolute Gasteiger partial charge is 0.341 e. The van der Waals surface area contributed by atoms with Crippen LogP contribution in [0.25, 0.3) is 28.5 Å². The molecule has 8 rings (SSSR count). The standard InChI is InChI=1S/C44H44F5N13O4/c1-26-24-61(18-16-50-26)29-13-14-35(33(20-29)41-53-57-58-54-41)51-44(64)38(23-40(48)49)66-32-11-5-8-30(19-32)62-56-42(55-59-62)34-21-28(60-17-6-7-27(45)25-60)12-15-36(34)52-43(63)37(22-39(46)47)65-31-9-3-2-4-10-31/h2-5,7-15,19-21,26,37-40,50H,6,16-18,22-25H2,1H3,(H3,51,52,53,54,55,56,57,58,59,63,64)/p+1/t26-,37-,38-/m0/s1. The molecule has 0 bridgehead atoms. The lowest BCUT2D eigenvalue weighted by molar-refractivity contribution is -0.716. The van der Waals surface area contributed by atoms with E-state index in [1.165, 1.54) is 29.1 Å². The van der Waals surface area contributed by atoms with E-state index < -0.39 is 49.7 Å². The van der Waals surface area contributed by atoms with Crippen molar-refractivity contribution in [2.75, 3.05) is 53.2 Å². The molecule has 0 unspecified atom stereocenters. The molecule has 1 fully saturated rings. The quantitative estimate of drug-likeness (QED) is 0.0541. The maximum atomic E-state index is 14.4. The van der Waals surface area contributed by atoms with Crippen LogP contribution < -0.4 is 40.0 Å². The summed E-state index contributed by atoms with van der Waals surface area (Å²) < 4.78 is 81.5. The highest BCUT2D eigenvalue weighted by Crippen LogP contribution is 2.34. The maximum absolute atomic E-state index is 14.4. The molecular weight excluding hydrogens is 870 g/mol. The minimum absolute atomic E-state index is 0.000359. The highest BCUT2D eigenvalue weighted by atomic mass is 19.3. The van der Waals surface area contributed by atoms with Gasteiger partial charge >= 0.3 is 5.82 Å². The van der Waals surface area contributed by atoms with Crippen LogP contribution in [0.3, 0.4) is 0 Å². The minimum Gasteiger partial charge on any atom is -0.480 e. The lowest BCUT2D eigenvalue weighted by Gasteiger charge is -2.34. The van der Waals surface area contributed by atoms with E-state index >= 15 is 0 Å². The molecule has 2 aromatic heterocycles. The van der Waals surface area contributed by atoms with Gasteiger partial charge in [-0.3, -0.25) is 9.59 Å². The fourth-order valence-electron chi connectivity index (χ4n) is 7.56. The third kappa shape index (κ3) is 11.2. The molecule has 2 amide bonds. The molecule has 3 atom stereocenters. The first-order chi connectivity index (χ1) is 31.9. The molecule has 66 heavy (non-hydrogen) atoms. The fraction of sp³-hybridized carbons (Fsp3) is 0.318. The Labute approximate surface area is 374 Å². The molecule has 0 saturated carbocycles. The number of halogens is 5. The van der Waals surface area contributed by atoms with Crippen LogP contribution in [0, 0.1) is 0 Å². The van der Waals surface area contributed by atoms with E-state index in [0.29, 0.717) is 29.9 Å². The third-order valence-electron chi connectivity index (χ3n) is 10.7. The van der Waals surface area contributed by atoms with E-state index in [-0.39, 0.29) is 58.5 Å². The number of hydrogen-bond donors (Lipinski definition) is 5. The molecular formula is C44H45F5N13O4+. The molecule has 5 N–H and O–H groups in total. The van der Waals surface area contributed by atoms with E-state index in [9.17, 15) is 31.5 Å². The van der Waals surface area contributed by atoms with Crippen LogP contribution in [0.2, 0.25) is 0 Å². The monoisotopic (exact) mass is 914 g/mol. The number of aromatic nitrogens is 8. The van der Waals surface area contributed by atoms with Crippen LogP contribution in [0.4, 0.5) is 44.7 Å². The number of nitrogens with one attached hydrogen (secondary N) is 5. The predicted octanol–water partition coefficient (Wildman–Crippen LogP) is 5.87. The molecule has 0 spiro atoms. The number of para-hydroxylation sites is 1. The average Bonchev–Trinajstić information content (AvgIpc) is 4.03. The molecule has 4 aromatic carbocycles. The van der Waals surface area contributed by atoms with Gasteiger partial charge in [-0.05, 0) is 100 Å². The molecule has 1 saturated heterocycles. The second-order valence-corrected chi connectivity index (χ2v) is 15.6. The lowest BCUT2D eigenvalue weighted by atomic mass is 10.1. The summed E-state index contributed by atoms with van der Waals surface area (Å²) in [7, 11) is 0. The molecule has 2 aliphatic heterocycles. The molecule has 22 heteroatoms. The Kier molecular flexibility index (Phi) is 14.0. The Hall–Kier alpha value is -7.49. The summed E-state index contributed by atoms with van der Waals surface area (Å²) in [6, 6.07) is 24.5. The number of benzene rings is 4. The van der Waals surface area contributed by atoms with Gasteiger partial charge in [0.1, 0.15) is 17.3 Å². The summed E-state index contributed by atoms with van der Waals surface area (Å²) in [5, 5.41) is 34.7. The van der Waals surface area contributed by atoms with Crippen molar-refractivity contribution in [2.45, 2.75) is 57.3 Å². The van der Waals surface area contributed by atoms with Gasteiger partial charge in [-0.15, -0.1) is 10.2 Å². The van der Waals surface area contributed by atoms with Crippen molar-refractivity contribution in [3.05, 3.63) is 103 Å². The van der Waals surface area contributed by atoms with Gasteiger partial charge in [-0.1, -0.05) is 24.3 Å². The summed E-state index contributed by atoms with van der Waals surface area (Å²) in [5.74, 6) is -1.55. The number of anilines is 4. The molecule has 344 valence electrons. The largest absolute Gasteiger partial charge is 0.480 e. The molecule has 0 aliphatic carbocycles. The first-order valence-corrected chi connectivity index (χ1v) is 21.1. The van der Waals surface area contributed by atoms with Crippen molar-refractivity contribution in [1.82, 2.24) is 41.4 Å². The van der Waals surface area contributed by atoms with E-state index in [0.717, 1.165) is 25.3 Å². The summed E-state index contributed by atoms with van der Waals surface area (Å²) in [6.07, 6.45) is -8.89. The third-order valence-corrected chi connectivity index (χ3v) is 10.7. The van der Waals surface area contributed by atoms with E-state index in [1.807, 2.05) is 6.07 Å². The number of amides is 2. The van der Waals surface area contributed by atoms with Crippen LogP contribution in [0.1, 0.15) is 26.2 Å². The maximum Gasteiger partial charge on any atom is 0.341 e.